The van der Waals surface area contributed by atoms with Crippen molar-refractivity contribution in [1.29, 1.82) is 0 Å². The van der Waals surface area contributed by atoms with Gasteiger partial charge in [0.15, 0.2) is 0 Å². The van der Waals surface area contributed by atoms with E-state index < -0.39 is 0 Å². The van der Waals surface area contributed by atoms with Crippen LogP contribution in [-0.4, -0.2) is 37.7 Å². The third-order valence-corrected chi connectivity index (χ3v) is 1.70. The molecule has 56 valence electrons. The van der Waals surface area contributed by atoms with Gasteiger partial charge in [0.25, 0.3) is 0 Å². The quantitative estimate of drug-likeness (QED) is 0.507. The van der Waals surface area contributed by atoms with E-state index in [1.54, 1.807) is 0 Å². The molecule has 1 heterocycles. The van der Waals surface area contributed by atoms with Crippen molar-refractivity contribution >= 4 is 12.4 Å². The van der Waals surface area contributed by atoms with Gasteiger partial charge in [-0.05, 0) is 14.0 Å². The van der Waals surface area contributed by atoms with E-state index in [1.807, 2.05) is 0 Å². The minimum Gasteiger partial charge on any atom is -0.379 e. The summed E-state index contributed by atoms with van der Waals surface area (Å²) in [7, 11) is 2.13. The Morgan fingerprint density at radius 1 is 1.56 bits per heavy atom. The summed E-state index contributed by atoms with van der Waals surface area (Å²) in [6, 6.07) is 0.615. The number of hydrogen-bond acceptors (Lipinski definition) is 2. The van der Waals surface area contributed by atoms with Crippen LogP contribution in [0.3, 0.4) is 0 Å². The fraction of sp³-hybridized carbons (Fsp3) is 1.00. The van der Waals surface area contributed by atoms with Gasteiger partial charge in [-0.1, -0.05) is 0 Å². The predicted molar refractivity (Wildman–Crippen MR) is 40.2 cm³/mol. The Bertz CT molecular complexity index is 69.5. The Morgan fingerprint density at radius 2 is 2.22 bits per heavy atom. The molecule has 9 heavy (non-hydrogen) atoms. The highest BCUT2D eigenvalue weighted by atomic mass is 35.5. The SMILES string of the molecule is CC1COCCN1C.Cl. The normalized spacial score (nSPS) is 29.3. The molecule has 1 atom stereocenters. The molecule has 1 unspecified atom stereocenters. The fourth-order valence-electron chi connectivity index (χ4n) is 0.810. The maximum atomic E-state index is 5.21. The van der Waals surface area contributed by atoms with Gasteiger partial charge in [-0.2, -0.15) is 0 Å². The van der Waals surface area contributed by atoms with Crippen molar-refractivity contribution in [2.45, 2.75) is 13.0 Å². The number of nitrogens with zero attached hydrogens (tertiary/aromatic N) is 1. The Kier molecular flexibility index (Phi) is 4.19. The number of likely N-dealkylation sites (N-methyl/N-ethyl adjacent to an activating group) is 1. The summed E-state index contributed by atoms with van der Waals surface area (Å²) in [6.45, 7) is 5.07. The molecule has 0 spiro atoms. The molecule has 1 rings (SSSR count). The second-order valence-corrected chi connectivity index (χ2v) is 2.40. The zero-order valence-corrected chi connectivity index (χ0v) is 6.78. The molecule has 0 aromatic carbocycles. The first-order valence-corrected chi connectivity index (χ1v) is 3.08. The van der Waals surface area contributed by atoms with Crippen molar-refractivity contribution < 1.29 is 4.74 Å². The molecule has 0 aromatic rings. The van der Waals surface area contributed by atoms with Crippen LogP contribution in [0.1, 0.15) is 6.92 Å². The maximum absolute atomic E-state index is 5.21. The predicted octanol–water partition coefficient (Wildman–Crippen LogP) is 0.759. The van der Waals surface area contributed by atoms with Gasteiger partial charge in [-0.25, -0.2) is 0 Å². The van der Waals surface area contributed by atoms with Gasteiger partial charge in [0.05, 0.1) is 13.2 Å². The zero-order valence-electron chi connectivity index (χ0n) is 5.96. The van der Waals surface area contributed by atoms with Crippen LogP contribution in [0.5, 0.6) is 0 Å². The second kappa shape index (κ2) is 4.09. The fourth-order valence-corrected chi connectivity index (χ4v) is 0.810. The van der Waals surface area contributed by atoms with E-state index in [1.165, 1.54) is 0 Å². The molecule has 0 saturated carbocycles. The summed E-state index contributed by atoms with van der Waals surface area (Å²) < 4.78 is 5.21. The Labute approximate surface area is 62.6 Å². The van der Waals surface area contributed by atoms with Gasteiger partial charge in [-0.15, -0.1) is 12.4 Å². The summed E-state index contributed by atoms with van der Waals surface area (Å²) in [4.78, 5) is 2.31. The lowest BCUT2D eigenvalue weighted by Gasteiger charge is -2.29. The molecule has 1 saturated heterocycles. The van der Waals surface area contributed by atoms with Crippen LogP contribution < -0.4 is 0 Å². The molecule has 0 bridgehead atoms. The second-order valence-electron chi connectivity index (χ2n) is 2.40. The van der Waals surface area contributed by atoms with Gasteiger partial charge < -0.3 is 4.74 Å². The topological polar surface area (TPSA) is 12.5 Å². The van der Waals surface area contributed by atoms with E-state index >= 15 is 0 Å². The van der Waals surface area contributed by atoms with Crippen LogP contribution in [0, 0.1) is 0 Å². The van der Waals surface area contributed by atoms with Gasteiger partial charge in [-0.3, -0.25) is 4.90 Å². The van der Waals surface area contributed by atoms with Crippen LogP contribution in [0.2, 0.25) is 0 Å². The molecule has 0 aromatic heterocycles. The number of rotatable bonds is 0. The number of hydrogen-bond donors (Lipinski definition) is 0. The van der Waals surface area contributed by atoms with Crippen LogP contribution >= 0.6 is 12.4 Å². The smallest absolute Gasteiger partial charge is 0.0619 e. The molecule has 3 heteroatoms. The lowest BCUT2D eigenvalue weighted by molar-refractivity contribution is 0.0131. The average Bonchev–Trinajstić information content (AvgIpc) is 1.77. The molecular formula is C6H14ClNO. The Balaban J connectivity index is 0.000000640. The Hall–Kier alpha value is 0.210. The number of halogens is 1. The minimum atomic E-state index is 0. The molecule has 2 nitrogen and oxygen atoms in total. The summed E-state index contributed by atoms with van der Waals surface area (Å²) in [5.74, 6) is 0. The monoisotopic (exact) mass is 151 g/mol. The van der Waals surface area contributed by atoms with Gasteiger partial charge >= 0.3 is 0 Å². The molecule has 0 N–H and O–H groups in total. The standard InChI is InChI=1S/C6H13NO.ClH/c1-6-5-8-4-3-7(6)2;/h6H,3-5H2,1-2H3;1H. The average molecular weight is 152 g/mol. The number of morpholine rings is 1. The summed E-state index contributed by atoms with van der Waals surface area (Å²) in [5.41, 5.74) is 0. The zero-order chi connectivity index (χ0) is 5.98. The van der Waals surface area contributed by atoms with Crippen LogP contribution in [0.15, 0.2) is 0 Å². The molecule has 1 aliphatic heterocycles. The summed E-state index contributed by atoms with van der Waals surface area (Å²) in [5, 5.41) is 0. The van der Waals surface area contributed by atoms with Gasteiger partial charge in [0, 0.05) is 12.6 Å². The van der Waals surface area contributed by atoms with E-state index in [4.69, 9.17) is 4.74 Å². The first-order valence-electron chi connectivity index (χ1n) is 3.08. The number of ether oxygens (including phenoxy) is 1. The lowest BCUT2D eigenvalue weighted by Crippen LogP contribution is -2.40. The van der Waals surface area contributed by atoms with E-state index in [2.05, 4.69) is 18.9 Å². The molecule has 1 fully saturated rings. The third kappa shape index (κ3) is 2.52. The van der Waals surface area contributed by atoms with Crippen LogP contribution in [-0.2, 0) is 4.74 Å². The molecule has 0 aliphatic carbocycles. The van der Waals surface area contributed by atoms with Crippen molar-refractivity contribution in [3.8, 4) is 0 Å². The van der Waals surface area contributed by atoms with Crippen molar-refractivity contribution in [3.63, 3.8) is 0 Å². The van der Waals surface area contributed by atoms with Crippen LogP contribution in [0.25, 0.3) is 0 Å². The van der Waals surface area contributed by atoms with E-state index in [9.17, 15) is 0 Å². The highest BCUT2D eigenvalue weighted by Crippen LogP contribution is 2.00. The molecule has 0 radical (unpaired) electrons. The van der Waals surface area contributed by atoms with Crippen LogP contribution in [0.4, 0.5) is 0 Å². The van der Waals surface area contributed by atoms with Crippen molar-refractivity contribution in [3.05, 3.63) is 0 Å². The Morgan fingerprint density at radius 3 is 2.56 bits per heavy atom. The van der Waals surface area contributed by atoms with E-state index in [0.717, 1.165) is 19.8 Å². The molecule has 1 aliphatic rings. The van der Waals surface area contributed by atoms with Gasteiger partial charge in [0.2, 0.25) is 0 Å². The first kappa shape index (κ1) is 9.21. The van der Waals surface area contributed by atoms with E-state index in [-0.39, 0.29) is 12.4 Å². The van der Waals surface area contributed by atoms with Gasteiger partial charge in [0.1, 0.15) is 0 Å². The first-order chi connectivity index (χ1) is 3.80. The lowest BCUT2D eigenvalue weighted by atomic mass is 10.3. The van der Waals surface area contributed by atoms with E-state index in [0.29, 0.717) is 6.04 Å². The molecule has 0 amide bonds. The summed E-state index contributed by atoms with van der Waals surface area (Å²) in [6.07, 6.45) is 0. The van der Waals surface area contributed by atoms with Crippen molar-refractivity contribution in [2.75, 3.05) is 26.8 Å². The largest absolute Gasteiger partial charge is 0.379 e. The minimum absolute atomic E-state index is 0. The van der Waals surface area contributed by atoms with Crippen molar-refractivity contribution in [1.82, 2.24) is 4.90 Å². The summed E-state index contributed by atoms with van der Waals surface area (Å²) >= 11 is 0. The molecular weight excluding hydrogens is 138 g/mol. The highest BCUT2D eigenvalue weighted by molar-refractivity contribution is 5.85. The van der Waals surface area contributed by atoms with Crippen molar-refractivity contribution in [2.24, 2.45) is 0 Å². The third-order valence-electron chi connectivity index (χ3n) is 1.70. The maximum Gasteiger partial charge on any atom is 0.0619 e. The highest BCUT2D eigenvalue weighted by Gasteiger charge is 2.12.